The minimum Gasteiger partial charge on any atom is -0.396 e. The normalized spacial score (nSPS) is 26.9. The lowest BCUT2D eigenvalue weighted by atomic mass is 9.84. The maximum Gasteiger partial charge on any atom is 0.136 e. The van der Waals surface area contributed by atoms with E-state index in [4.69, 9.17) is 5.11 Å². The molecule has 154 valence electrons. The van der Waals surface area contributed by atoms with Gasteiger partial charge in [0.15, 0.2) is 0 Å². The topological polar surface area (TPSA) is 77.8 Å². The molecule has 0 spiro atoms. The highest BCUT2D eigenvalue weighted by Crippen LogP contribution is 2.49. The van der Waals surface area contributed by atoms with Gasteiger partial charge in [-0.25, -0.2) is 0 Å². The molecule has 2 aliphatic rings. The Labute approximate surface area is 164 Å². The molecule has 2 saturated carbocycles. The van der Waals surface area contributed by atoms with Crippen molar-refractivity contribution in [2.45, 2.75) is 95.2 Å². The molecule has 2 aliphatic carbocycles. The zero-order valence-electron chi connectivity index (χ0n) is 16.9. The number of allylic oxidation sites excluding steroid dienone is 3. The van der Waals surface area contributed by atoms with Crippen molar-refractivity contribution in [2.75, 3.05) is 6.61 Å². The van der Waals surface area contributed by atoms with Crippen LogP contribution in [0.15, 0.2) is 24.3 Å². The van der Waals surface area contributed by atoms with Crippen molar-refractivity contribution in [2.24, 2.45) is 11.8 Å². The van der Waals surface area contributed by atoms with E-state index in [1.54, 1.807) is 0 Å². The highest BCUT2D eigenvalue weighted by molar-refractivity contribution is 5.83. The standard InChI is InChI=1S/C23H38O4/c1-2-3-14-22(26,23(27)16-17-23)15-9-10-19-12-13-21(25)20(19)11-7-5-4-6-8-18-24/h5,7,9-10,19-20,24,26-27H,2-4,6,8,11-18H2,1H3/t19-,20+,22?/m0/s1. The molecule has 3 N–H and O–H groups in total. The molecule has 0 heterocycles. The second kappa shape index (κ2) is 10.5. The van der Waals surface area contributed by atoms with Gasteiger partial charge in [-0.3, -0.25) is 4.79 Å². The average Bonchev–Trinajstić information content (AvgIpc) is 3.33. The number of Topliss-reactive ketones (excluding diaryl/α,β-unsaturated/α-hetero) is 1. The molecule has 2 fully saturated rings. The van der Waals surface area contributed by atoms with E-state index in [9.17, 15) is 15.0 Å². The summed E-state index contributed by atoms with van der Waals surface area (Å²) in [6.45, 7) is 2.33. The van der Waals surface area contributed by atoms with E-state index in [1.165, 1.54) is 0 Å². The van der Waals surface area contributed by atoms with Gasteiger partial charge in [-0.05, 0) is 63.7 Å². The van der Waals surface area contributed by atoms with Gasteiger partial charge in [0, 0.05) is 18.9 Å². The molecule has 1 unspecified atom stereocenters. The van der Waals surface area contributed by atoms with Crippen molar-refractivity contribution in [1.82, 2.24) is 0 Å². The van der Waals surface area contributed by atoms with Crippen LogP contribution < -0.4 is 0 Å². The lowest BCUT2D eigenvalue weighted by Crippen LogP contribution is -2.44. The van der Waals surface area contributed by atoms with E-state index >= 15 is 0 Å². The van der Waals surface area contributed by atoms with Gasteiger partial charge in [0.1, 0.15) is 5.78 Å². The van der Waals surface area contributed by atoms with Gasteiger partial charge in [0.2, 0.25) is 0 Å². The van der Waals surface area contributed by atoms with Crippen LogP contribution in [0.3, 0.4) is 0 Å². The Bertz CT molecular complexity index is 520. The largest absolute Gasteiger partial charge is 0.396 e. The Morgan fingerprint density at radius 2 is 1.96 bits per heavy atom. The van der Waals surface area contributed by atoms with Crippen LogP contribution in [0, 0.1) is 11.8 Å². The van der Waals surface area contributed by atoms with E-state index < -0.39 is 11.2 Å². The number of ketones is 1. The number of hydrogen-bond donors (Lipinski definition) is 3. The summed E-state index contributed by atoms with van der Waals surface area (Å²) in [4.78, 5) is 12.2. The lowest BCUT2D eigenvalue weighted by Gasteiger charge is -2.32. The molecule has 0 aliphatic heterocycles. The predicted molar refractivity (Wildman–Crippen MR) is 108 cm³/mol. The molecule has 4 heteroatoms. The highest BCUT2D eigenvalue weighted by atomic mass is 16.4. The van der Waals surface area contributed by atoms with Gasteiger partial charge >= 0.3 is 0 Å². The number of carbonyl (C=O) groups is 1. The summed E-state index contributed by atoms with van der Waals surface area (Å²) >= 11 is 0. The minimum atomic E-state index is -1.02. The Balaban J connectivity index is 1.87. The van der Waals surface area contributed by atoms with Crippen molar-refractivity contribution in [1.29, 1.82) is 0 Å². The summed E-state index contributed by atoms with van der Waals surface area (Å²) < 4.78 is 0. The van der Waals surface area contributed by atoms with Crippen molar-refractivity contribution < 1.29 is 20.1 Å². The quantitative estimate of drug-likeness (QED) is 0.333. The van der Waals surface area contributed by atoms with Crippen LogP contribution >= 0.6 is 0 Å². The summed E-state index contributed by atoms with van der Waals surface area (Å²) in [6, 6.07) is 0. The molecule has 27 heavy (non-hydrogen) atoms. The molecule has 3 atom stereocenters. The van der Waals surface area contributed by atoms with Gasteiger partial charge in [0.05, 0.1) is 11.2 Å². The van der Waals surface area contributed by atoms with E-state index in [1.807, 2.05) is 6.08 Å². The highest BCUT2D eigenvalue weighted by Gasteiger charge is 2.56. The first-order chi connectivity index (χ1) is 13.0. The number of rotatable bonds is 13. The fourth-order valence-electron chi connectivity index (χ4n) is 4.22. The van der Waals surface area contributed by atoms with Crippen molar-refractivity contribution >= 4 is 5.78 Å². The summed E-state index contributed by atoms with van der Waals surface area (Å²) in [7, 11) is 0. The predicted octanol–water partition coefficient (Wildman–Crippen LogP) is 4.08. The maximum atomic E-state index is 12.2. The third-order valence-electron chi connectivity index (χ3n) is 6.36. The van der Waals surface area contributed by atoms with E-state index in [-0.39, 0.29) is 18.4 Å². The van der Waals surface area contributed by atoms with Gasteiger partial charge < -0.3 is 15.3 Å². The smallest absolute Gasteiger partial charge is 0.136 e. The van der Waals surface area contributed by atoms with Crippen LogP contribution in [0.1, 0.15) is 84.0 Å². The van der Waals surface area contributed by atoms with Crippen LogP contribution in [0.2, 0.25) is 0 Å². The van der Waals surface area contributed by atoms with E-state index in [2.05, 4.69) is 25.2 Å². The molecule has 0 aromatic carbocycles. The minimum absolute atomic E-state index is 0.0445. The van der Waals surface area contributed by atoms with Gasteiger partial charge in [-0.15, -0.1) is 0 Å². The molecular formula is C23H38O4. The third kappa shape index (κ3) is 6.27. The van der Waals surface area contributed by atoms with Gasteiger partial charge in [0.25, 0.3) is 0 Å². The number of aliphatic hydroxyl groups excluding tert-OH is 1. The van der Waals surface area contributed by atoms with Crippen molar-refractivity contribution in [3.63, 3.8) is 0 Å². The zero-order chi connectivity index (χ0) is 19.8. The van der Waals surface area contributed by atoms with Gasteiger partial charge in [-0.1, -0.05) is 44.1 Å². The lowest BCUT2D eigenvalue weighted by molar-refractivity contribution is -0.120. The zero-order valence-corrected chi connectivity index (χ0v) is 16.9. The van der Waals surface area contributed by atoms with Crippen LogP contribution in [0.4, 0.5) is 0 Å². The molecule has 0 bridgehead atoms. The van der Waals surface area contributed by atoms with Crippen molar-refractivity contribution in [3.05, 3.63) is 24.3 Å². The molecule has 0 aromatic heterocycles. The number of aliphatic hydroxyl groups is 3. The monoisotopic (exact) mass is 378 g/mol. The number of hydrogen-bond acceptors (Lipinski definition) is 4. The van der Waals surface area contributed by atoms with Gasteiger partial charge in [-0.2, -0.15) is 0 Å². The summed E-state index contributed by atoms with van der Waals surface area (Å²) in [5, 5.41) is 30.3. The third-order valence-corrected chi connectivity index (χ3v) is 6.36. The molecule has 0 radical (unpaired) electrons. The fraction of sp³-hybridized carbons (Fsp3) is 0.783. The number of carbonyl (C=O) groups excluding carboxylic acids is 1. The summed E-state index contributed by atoms with van der Waals surface area (Å²) in [5.74, 6) is 0.624. The second-order valence-corrected chi connectivity index (χ2v) is 8.50. The molecule has 0 amide bonds. The summed E-state index contributed by atoms with van der Waals surface area (Å²) in [6.07, 6.45) is 17.8. The van der Waals surface area contributed by atoms with Crippen LogP contribution in [0.25, 0.3) is 0 Å². The Morgan fingerprint density at radius 3 is 2.63 bits per heavy atom. The molecule has 0 saturated heterocycles. The first-order valence-corrected chi connectivity index (χ1v) is 10.9. The first kappa shape index (κ1) is 22.3. The van der Waals surface area contributed by atoms with E-state index in [0.717, 1.165) is 44.9 Å². The van der Waals surface area contributed by atoms with Crippen LogP contribution in [-0.2, 0) is 4.79 Å². The number of unbranched alkanes of at least 4 members (excludes halogenated alkanes) is 3. The Kier molecular flexibility index (Phi) is 8.71. The molecule has 4 nitrogen and oxygen atoms in total. The summed E-state index contributed by atoms with van der Waals surface area (Å²) in [5.41, 5.74) is -1.93. The Morgan fingerprint density at radius 1 is 1.19 bits per heavy atom. The molecule has 2 rings (SSSR count). The van der Waals surface area contributed by atoms with Crippen LogP contribution in [-0.4, -0.2) is 38.9 Å². The maximum absolute atomic E-state index is 12.2. The SMILES string of the molecule is CCCCC(O)(CC=C[C@H]1CCC(=O)[C@@H]1CC=CCCCCO)C1(O)CC1. The molecule has 0 aromatic rings. The van der Waals surface area contributed by atoms with Crippen LogP contribution in [0.5, 0.6) is 0 Å². The first-order valence-electron chi connectivity index (χ1n) is 10.9. The average molecular weight is 379 g/mol. The Hall–Kier alpha value is -0.970. The van der Waals surface area contributed by atoms with E-state index in [0.29, 0.717) is 37.9 Å². The molecular weight excluding hydrogens is 340 g/mol. The second-order valence-electron chi connectivity index (χ2n) is 8.50. The fourth-order valence-corrected chi connectivity index (χ4v) is 4.22. The van der Waals surface area contributed by atoms with Crippen molar-refractivity contribution in [3.8, 4) is 0 Å².